The van der Waals surface area contributed by atoms with Crippen LogP contribution in [-0.4, -0.2) is 42.7 Å². The van der Waals surface area contributed by atoms with Gasteiger partial charge in [-0.2, -0.15) is 0 Å². The molecule has 0 saturated heterocycles. The van der Waals surface area contributed by atoms with E-state index in [1.807, 2.05) is 18.9 Å². The van der Waals surface area contributed by atoms with Gasteiger partial charge in [-0.25, -0.2) is 4.98 Å². The Morgan fingerprint density at radius 2 is 2.31 bits per heavy atom. The maximum absolute atomic E-state index is 11.4. The molecule has 0 aliphatic heterocycles. The minimum absolute atomic E-state index is 0.0796. The average molecular weight is 223 g/mol. The summed E-state index contributed by atoms with van der Waals surface area (Å²) in [6, 6.07) is 3.49. The Morgan fingerprint density at radius 1 is 1.56 bits per heavy atom. The number of aromatic nitrogens is 1. The van der Waals surface area contributed by atoms with Crippen molar-refractivity contribution in [2.24, 2.45) is 0 Å². The van der Waals surface area contributed by atoms with Gasteiger partial charge in [0.2, 0.25) is 0 Å². The molecule has 0 unspecified atom stereocenters. The third-order valence-electron chi connectivity index (χ3n) is 2.17. The Morgan fingerprint density at radius 3 is 2.81 bits per heavy atom. The standard InChI is InChI=1S/C11H17N3O2/c1-3-12-11(16)9-4-5-10(13-8-9)14(2)6-7-15/h4-5,8,15H,3,6-7H2,1-2H3,(H,12,16). The fourth-order valence-electron chi connectivity index (χ4n) is 1.27. The van der Waals surface area contributed by atoms with Crippen LogP contribution in [0.2, 0.25) is 0 Å². The number of carbonyl (C=O) groups excluding carboxylic acids is 1. The second-order valence-corrected chi connectivity index (χ2v) is 3.41. The quantitative estimate of drug-likeness (QED) is 0.751. The Hall–Kier alpha value is -1.62. The van der Waals surface area contributed by atoms with Crippen LogP contribution in [0.15, 0.2) is 18.3 Å². The van der Waals surface area contributed by atoms with E-state index in [1.54, 1.807) is 12.1 Å². The first-order valence-corrected chi connectivity index (χ1v) is 5.25. The van der Waals surface area contributed by atoms with Crippen molar-refractivity contribution in [3.63, 3.8) is 0 Å². The van der Waals surface area contributed by atoms with Crippen LogP contribution < -0.4 is 10.2 Å². The number of hydrogen-bond donors (Lipinski definition) is 2. The summed E-state index contributed by atoms with van der Waals surface area (Å²) < 4.78 is 0. The number of rotatable bonds is 5. The number of hydrogen-bond acceptors (Lipinski definition) is 4. The second-order valence-electron chi connectivity index (χ2n) is 3.41. The van der Waals surface area contributed by atoms with E-state index in [1.165, 1.54) is 6.20 Å². The van der Waals surface area contributed by atoms with Gasteiger partial charge in [-0.3, -0.25) is 4.79 Å². The molecule has 0 atom stereocenters. The van der Waals surface area contributed by atoms with E-state index < -0.39 is 0 Å². The number of aliphatic hydroxyl groups excluding tert-OH is 1. The van der Waals surface area contributed by atoms with Gasteiger partial charge in [-0.05, 0) is 19.1 Å². The third kappa shape index (κ3) is 3.20. The zero-order chi connectivity index (χ0) is 12.0. The predicted octanol–water partition coefficient (Wildman–Crippen LogP) is 0.260. The number of anilines is 1. The Labute approximate surface area is 95.1 Å². The molecule has 0 spiro atoms. The summed E-state index contributed by atoms with van der Waals surface area (Å²) in [7, 11) is 1.84. The van der Waals surface area contributed by atoms with Gasteiger partial charge in [-0.15, -0.1) is 0 Å². The topological polar surface area (TPSA) is 65.5 Å². The highest BCUT2D eigenvalue weighted by Gasteiger charge is 2.06. The maximum Gasteiger partial charge on any atom is 0.252 e. The van der Waals surface area contributed by atoms with Crippen molar-refractivity contribution in [3.05, 3.63) is 23.9 Å². The molecule has 16 heavy (non-hydrogen) atoms. The summed E-state index contributed by atoms with van der Waals surface area (Å²) in [5, 5.41) is 11.5. The van der Waals surface area contributed by atoms with Crippen LogP contribution >= 0.6 is 0 Å². The number of carbonyl (C=O) groups is 1. The number of amides is 1. The molecule has 1 heterocycles. The third-order valence-corrected chi connectivity index (χ3v) is 2.17. The van der Waals surface area contributed by atoms with E-state index in [9.17, 15) is 4.79 Å². The zero-order valence-electron chi connectivity index (χ0n) is 9.60. The van der Waals surface area contributed by atoms with Crippen molar-refractivity contribution >= 4 is 11.7 Å². The van der Waals surface area contributed by atoms with Crippen molar-refractivity contribution in [1.82, 2.24) is 10.3 Å². The molecule has 0 aliphatic carbocycles. The second kappa shape index (κ2) is 6.07. The fourth-order valence-corrected chi connectivity index (χ4v) is 1.27. The number of likely N-dealkylation sites (N-methyl/N-ethyl adjacent to an activating group) is 1. The summed E-state index contributed by atoms with van der Waals surface area (Å²) in [6.45, 7) is 3.07. The van der Waals surface area contributed by atoms with Crippen LogP contribution in [0.25, 0.3) is 0 Å². The van der Waals surface area contributed by atoms with Gasteiger partial charge in [0.1, 0.15) is 5.82 Å². The lowest BCUT2D eigenvalue weighted by Crippen LogP contribution is -2.24. The fraction of sp³-hybridized carbons (Fsp3) is 0.455. The van der Waals surface area contributed by atoms with E-state index in [-0.39, 0.29) is 12.5 Å². The van der Waals surface area contributed by atoms with Crippen LogP contribution in [0.4, 0.5) is 5.82 Å². The lowest BCUT2D eigenvalue weighted by atomic mass is 10.2. The molecule has 88 valence electrons. The summed E-state index contributed by atoms with van der Waals surface area (Å²) in [6.07, 6.45) is 1.54. The molecule has 1 aromatic heterocycles. The number of nitrogens with zero attached hydrogens (tertiary/aromatic N) is 2. The van der Waals surface area contributed by atoms with Gasteiger partial charge in [0.05, 0.1) is 12.2 Å². The normalized spacial score (nSPS) is 9.94. The summed E-state index contributed by atoms with van der Waals surface area (Å²) in [5.74, 6) is 0.619. The molecule has 5 nitrogen and oxygen atoms in total. The van der Waals surface area contributed by atoms with E-state index in [2.05, 4.69) is 10.3 Å². The number of nitrogens with one attached hydrogen (secondary N) is 1. The average Bonchev–Trinajstić information content (AvgIpc) is 2.30. The van der Waals surface area contributed by atoms with Gasteiger partial charge >= 0.3 is 0 Å². The highest BCUT2D eigenvalue weighted by Crippen LogP contribution is 2.08. The predicted molar refractivity (Wildman–Crippen MR) is 62.6 cm³/mol. The molecule has 0 fully saturated rings. The van der Waals surface area contributed by atoms with Crippen LogP contribution in [0.1, 0.15) is 17.3 Å². The first kappa shape index (κ1) is 12.4. The smallest absolute Gasteiger partial charge is 0.252 e. The van der Waals surface area contributed by atoms with E-state index in [4.69, 9.17) is 5.11 Å². The molecular weight excluding hydrogens is 206 g/mol. The molecule has 5 heteroatoms. The number of aliphatic hydroxyl groups is 1. The highest BCUT2D eigenvalue weighted by atomic mass is 16.3. The molecule has 0 saturated carbocycles. The molecule has 0 bridgehead atoms. The van der Waals surface area contributed by atoms with Gasteiger partial charge in [-0.1, -0.05) is 0 Å². The Bertz CT molecular complexity index is 338. The van der Waals surface area contributed by atoms with Crippen molar-refractivity contribution in [3.8, 4) is 0 Å². The maximum atomic E-state index is 11.4. The molecule has 1 rings (SSSR count). The highest BCUT2D eigenvalue weighted by molar-refractivity contribution is 5.93. The van der Waals surface area contributed by atoms with E-state index in [0.717, 1.165) is 5.82 Å². The Balaban J connectivity index is 2.71. The van der Waals surface area contributed by atoms with E-state index >= 15 is 0 Å². The molecule has 0 aromatic carbocycles. The van der Waals surface area contributed by atoms with Crippen molar-refractivity contribution < 1.29 is 9.90 Å². The molecular formula is C11H17N3O2. The molecule has 0 aliphatic rings. The minimum Gasteiger partial charge on any atom is -0.395 e. The Kier molecular flexibility index (Phi) is 4.72. The monoisotopic (exact) mass is 223 g/mol. The van der Waals surface area contributed by atoms with Crippen LogP contribution in [0.3, 0.4) is 0 Å². The first-order chi connectivity index (χ1) is 7.69. The molecule has 1 amide bonds. The lowest BCUT2D eigenvalue weighted by Gasteiger charge is -2.16. The van der Waals surface area contributed by atoms with Gasteiger partial charge < -0.3 is 15.3 Å². The largest absolute Gasteiger partial charge is 0.395 e. The summed E-state index contributed by atoms with van der Waals surface area (Å²) in [5.41, 5.74) is 0.544. The van der Waals surface area contributed by atoms with Crippen molar-refractivity contribution in [2.75, 3.05) is 31.6 Å². The summed E-state index contributed by atoms with van der Waals surface area (Å²) in [4.78, 5) is 17.4. The van der Waals surface area contributed by atoms with Crippen LogP contribution in [-0.2, 0) is 0 Å². The van der Waals surface area contributed by atoms with Gasteiger partial charge in [0, 0.05) is 26.3 Å². The zero-order valence-corrected chi connectivity index (χ0v) is 9.60. The molecule has 0 radical (unpaired) electrons. The number of pyridine rings is 1. The lowest BCUT2D eigenvalue weighted by molar-refractivity contribution is 0.0955. The van der Waals surface area contributed by atoms with Crippen molar-refractivity contribution in [2.45, 2.75) is 6.92 Å². The summed E-state index contributed by atoms with van der Waals surface area (Å²) >= 11 is 0. The van der Waals surface area contributed by atoms with Crippen LogP contribution in [0.5, 0.6) is 0 Å². The van der Waals surface area contributed by atoms with Gasteiger partial charge in [0.15, 0.2) is 0 Å². The van der Waals surface area contributed by atoms with Crippen molar-refractivity contribution in [1.29, 1.82) is 0 Å². The SMILES string of the molecule is CCNC(=O)c1ccc(N(C)CCO)nc1. The minimum atomic E-state index is -0.119. The van der Waals surface area contributed by atoms with Crippen LogP contribution in [0, 0.1) is 0 Å². The molecule has 2 N–H and O–H groups in total. The van der Waals surface area contributed by atoms with E-state index in [0.29, 0.717) is 18.7 Å². The van der Waals surface area contributed by atoms with Gasteiger partial charge in [0.25, 0.3) is 5.91 Å². The first-order valence-electron chi connectivity index (χ1n) is 5.25. The molecule has 1 aromatic rings.